The van der Waals surface area contributed by atoms with Crippen LogP contribution in [0.15, 0.2) is 30.3 Å². The van der Waals surface area contributed by atoms with E-state index in [1.807, 2.05) is 23.7 Å². The molecular formula is C13H18N2O5. The van der Waals surface area contributed by atoms with E-state index in [2.05, 4.69) is 5.32 Å². The molecule has 0 heterocycles. The average molecular weight is 282 g/mol. The van der Waals surface area contributed by atoms with Crippen LogP contribution in [0.3, 0.4) is 0 Å². The number of hydrogen-bond acceptors (Lipinski definition) is 5. The van der Waals surface area contributed by atoms with Crippen LogP contribution in [-0.4, -0.2) is 35.0 Å². The number of rotatable bonds is 8. The fraction of sp³-hybridized carbons (Fsp3) is 0.385. The standard InChI is InChI=1S/C13H18N2O5/c16-12(17)11(7-4-8-14-19)15-13(18)20-9-10-5-2-1-3-6-10/h1-3,5-6,11,14,19H,4,7-9H2,(H,15,18)(H,16,17)/t11-/m0/s1. The van der Waals surface area contributed by atoms with Gasteiger partial charge in [0.2, 0.25) is 0 Å². The third-order valence-electron chi connectivity index (χ3n) is 2.58. The summed E-state index contributed by atoms with van der Waals surface area (Å²) in [6, 6.07) is 8.05. The van der Waals surface area contributed by atoms with Crippen molar-refractivity contribution in [2.45, 2.75) is 25.5 Å². The summed E-state index contributed by atoms with van der Waals surface area (Å²) in [5, 5.41) is 19.6. The molecule has 20 heavy (non-hydrogen) atoms. The van der Waals surface area contributed by atoms with E-state index < -0.39 is 18.1 Å². The van der Waals surface area contributed by atoms with E-state index in [9.17, 15) is 9.59 Å². The molecule has 0 aliphatic heterocycles. The second-order valence-electron chi connectivity index (χ2n) is 4.15. The zero-order valence-electron chi connectivity index (χ0n) is 10.9. The maximum absolute atomic E-state index is 11.5. The summed E-state index contributed by atoms with van der Waals surface area (Å²) in [7, 11) is 0. The van der Waals surface area contributed by atoms with E-state index in [0.717, 1.165) is 5.56 Å². The number of ether oxygens (including phenoxy) is 1. The molecule has 1 amide bonds. The maximum Gasteiger partial charge on any atom is 0.408 e. The molecule has 0 fully saturated rings. The average Bonchev–Trinajstić information content (AvgIpc) is 2.45. The molecule has 7 heteroatoms. The lowest BCUT2D eigenvalue weighted by Gasteiger charge is -2.14. The molecule has 0 saturated carbocycles. The van der Waals surface area contributed by atoms with Gasteiger partial charge in [-0.2, -0.15) is 0 Å². The summed E-state index contributed by atoms with van der Waals surface area (Å²) in [5.74, 6) is -1.14. The lowest BCUT2D eigenvalue weighted by molar-refractivity contribution is -0.139. The molecule has 0 aliphatic carbocycles. The number of aliphatic carboxylic acids is 1. The smallest absolute Gasteiger partial charge is 0.408 e. The number of amides is 1. The van der Waals surface area contributed by atoms with Crippen LogP contribution >= 0.6 is 0 Å². The lowest BCUT2D eigenvalue weighted by atomic mass is 10.1. The topological polar surface area (TPSA) is 108 Å². The minimum absolute atomic E-state index is 0.0806. The molecule has 1 aromatic rings. The van der Waals surface area contributed by atoms with Crippen LogP contribution in [0.5, 0.6) is 0 Å². The van der Waals surface area contributed by atoms with Gasteiger partial charge in [0.05, 0.1) is 0 Å². The summed E-state index contributed by atoms with van der Waals surface area (Å²) in [6.45, 7) is 0.335. The summed E-state index contributed by atoms with van der Waals surface area (Å²) >= 11 is 0. The highest BCUT2D eigenvalue weighted by Gasteiger charge is 2.20. The second kappa shape index (κ2) is 8.89. The van der Waals surface area contributed by atoms with Gasteiger partial charge in [0.15, 0.2) is 0 Å². The highest BCUT2D eigenvalue weighted by Crippen LogP contribution is 2.02. The van der Waals surface area contributed by atoms with Gasteiger partial charge in [-0.05, 0) is 18.4 Å². The first kappa shape index (κ1) is 15.9. The fourth-order valence-electron chi connectivity index (χ4n) is 1.55. The highest BCUT2D eigenvalue weighted by molar-refractivity contribution is 5.79. The Morgan fingerprint density at radius 3 is 2.55 bits per heavy atom. The summed E-state index contributed by atoms with van der Waals surface area (Å²) in [4.78, 5) is 22.5. The first-order valence-corrected chi connectivity index (χ1v) is 6.20. The second-order valence-corrected chi connectivity index (χ2v) is 4.15. The Kier molecular flexibility index (Phi) is 7.08. The SMILES string of the molecule is O=C(N[C@@H](CCCNO)C(=O)O)OCc1ccccc1. The molecule has 0 aromatic heterocycles. The van der Waals surface area contributed by atoms with Crippen LogP contribution in [0.25, 0.3) is 0 Å². The first-order chi connectivity index (χ1) is 9.63. The minimum atomic E-state index is -1.14. The number of carbonyl (C=O) groups excluding carboxylic acids is 1. The minimum Gasteiger partial charge on any atom is -0.480 e. The molecule has 0 spiro atoms. The Labute approximate surface area is 116 Å². The summed E-state index contributed by atoms with van der Waals surface area (Å²) < 4.78 is 4.94. The van der Waals surface area contributed by atoms with Crippen LogP contribution in [0, 0.1) is 0 Å². The van der Waals surface area contributed by atoms with Gasteiger partial charge in [-0.3, -0.25) is 0 Å². The fourth-order valence-corrected chi connectivity index (χ4v) is 1.55. The third kappa shape index (κ3) is 6.17. The number of alkyl carbamates (subject to hydrolysis) is 1. The van der Waals surface area contributed by atoms with Crippen LogP contribution in [-0.2, 0) is 16.1 Å². The lowest BCUT2D eigenvalue weighted by Crippen LogP contribution is -2.41. The number of carboxylic acid groups (broad SMARTS) is 1. The molecule has 4 N–H and O–H groups in total. The van der Waals surface area contributed by atoms with Gasteiger partial charge in [-0.25, -0.2) is 15.1 Å². The van der Waals surface area contributed by atoms with E-state index >= 15 is 0 Å². The van der Waals surface area contributed by atoms with Crippen molar-refractivity contribution >= 4 is 12.1 Å². The first-order valence-electron chi connectivity index (χ1n) is 6.20. The predicted molar refractivity (Wildman–Crippen MR) is 70.2 cm³/mol. The van der Waals surface area contributed by atoms with E-state index in [0.29, 0.717) is 6.42 Å². The molecule has 1 rings (SSSR count). The Morgan fingerprint density at radius 2 is 1.95 bits per heavy atom. The Hall–Kier alpha value is -2.12. The normalized spacial score (nSPS) is 11.7. The summed E-state index contributed by atoms with van der Waals surface area (Å²) in [6.07, 6.45) is -0.173. The van der Waals surface area contributed by atoms with Crippen molar-refractivity contribution < 1.29 is 24.6 Å². The Balaban J connectivity index is 2.36. The molecule has 0 bridgehead atoms. The van der Waals surface area contributed by atoms with Crippen LogP contribution in [0.4, 0.5) is 4.79 Å². The van der Waals surface area contributed by atoms with E-state index in [-0.39, 0.29) is 19.6 Å². The van der Waals surface area contributed by atoms with Crippen LogP contribution in [0.2, 0.25) is 0 Å². The van der Waals surface area contributed by atoms with Gasteiger partial charge in [0, 0.05) is 6.54 Å². The predicted octanol–water partition coefficient (Wildman–Crippen LogP) is 1.13. The van der Waals surface area contributed by atoms with Crippen LogP contribution < -0.4 is 10.8 Å². The number of carbonyl (C=O) groups is 2. The number of nitrogens with one attached hydrogen (secondary N) is 2. The molecule has 0 radical (unpaired) electrons. The van der Waals surface area contributed by atoms with Crippen molar-refractivity contribution in [3.8, 4) is 0 Å². The largest absolute Gasteiger partial charge is 0.480 e. The molecule has 0 saturated heterocycles. The highest BCUT2D eigenvalue weighted by atomic mass is 16.5. The van der Waals surface area contributed by atoms with Crippen molar-refractivity contribution in [1.29, 1.82) is 0 Å². The van der Waals surface area contributed by atoms with Gasteiger partial charge >= 0.3 is 12.1 Å². The Morgan fingerprint density at radius 1 is 1.25 bits per heavy atom. The molecule has 110 valence electrons. The van der Waals surface area contributed by atoms with Gasteiger partial charge in [0.25, 0.3) is 0 Å². The molecular weight excluding hydrogens is 264 g/mol. The zero-order valence-corrected chi connectivity index (χ0v) is 10.9. The van der Waals surface area contributed by atoms with Crippen LogP contribution in [0.1, 0.15) is 18.4 Å². The zero-order chi connectivity index (χ0) is 14.8. The molecule has 1 atom stereocenters. The number of hydrogen-bond donors (Lipinski definition) is 4. The van der Waals surface area contributed by atoms with E-state index in [1.54, 1.807) is 12.1 Å². The van der Waals surface area contributed by atoms with Crippen molar-refractivity contribution in [2.75, 3.05) is 6.54 Å². The Bertz CT molecular complexity index is 424. The monoisotopic (exact) mass is 282 g/mol. The number of benzene rings is 1. The van der Waals surface area contributed by atoms with Crippen molar-refractivity contribution in [3.05, 3.63) is 35.9 Å². The maximum atomic E-state index is 11.5. The molecule has 0 aliphatic rings. The van der Waals surface area contributed by atoms with E-state index in [1.165, 1.54) is 0 Å². The third-order valence-corrected chi connectivity index (χ3v) is 2.58. The number of carboxylic acids is 1. The quantitative estimate of drug-likeness (QED) is 0.420. The van der Waals surface area contributed by atoms with Crippen molar-refractivity contribution in [1.82, 2.24) is 10.8 Å². The molecule has 7 nitrogen and oxygen atoms in total. The van der Waals surface area contributed by atoms with Gasteiger partial charge in [-0.15, -0.1) is 0 Å². The molecule has 0 unspecified atom stereocenters. The van der Waals surface area contributed by atoms with Crippen molar-refractivity contribution in [3.63, 3.8) is 0 Å². The molecule has 1 aromatic carbocycles. The van der Waals surface area contributed by atoms with E-state index in [4.69, 9.17) is 15.1 Å². The summed E-state index contributed by atoms with van der Waals surface area (Å²) in [5.41, 5.74) is 2.74. The van der Waals surface area contributed by atoms with Gasteiger partial charge in [-0.1, -0.05) is 30.3 Å². The number of hydroxylamine groups is 1. The van der Waals surface area contributed by atoms with Crippen molar-refractivity contribution in [2.24, 2.45) is 0 Å². The van der Waals surface area contributed by atoms with Gasteiger partial charge in [0.1, 0.15) is 12.6 Å². The van der Waals surface area contributed by atoms with Gasteiger partial charge < -0.3 is 20.4 Å².